The number of carbonyl (C=O) groups excluding carboxylic acids is 1. The van der Waals surface area contributed by atoms with Gasteiger partial charge in [0, 0.05) is 6.42 Å². The van der Waals surface area contributed by atoms with Crippen LogP contribution in [-0.2, 0) is 9.53 Å². The molecule has 0 aromatic heterocycles. The van der Waals surface area contributed by atoms with E-state index in [0.717, 1.165) is 35.7 Å². The smallest absolute Gasteiger partial charge is 0.298 e. The van der Waals surface area contributed by atoms with Gasteiger partial charge in [-0.25, -0.2) is 5.01 Å². The molecule has 2 aliphatic heterocycles. The Morgan fingerprint density at radius 3 is 2.54 bits per heavy atom. The van der Waals surface area contributed by atoms with Gasteiger partial charge in [-0.3, -0.25) is 4.79 Å². The van der Waals surface area contributed by atoms with Crippen LogP contribution in [0.1, 0.15) is 23.6 Å². The first kappa shape index (κ1) is 18.7. The molecule has 2 heterocycles. The van der Waals surface area contributed by atoms with Gasteiger partial charge in [0.25, 0.3) is 5.91 Å². The summed E-state index contributed by atoms with van der Waals surface area (Å²) in [7, 11) is 1.65. The minimum Gasteiger partial charge on any atom is -0.497 e. The highest BCUT2D eigenvalue weighted by molar-refractivity contribution is 6.03. The summed E-state index contributed by atoms with van der Waals surface area (Å²) >= 11 is 0. The second-order valence-electron chi connectivity index (χ2n) is 7.18. The van der Waals surface area contributed by atoms with E-state index in [1.165, 1.54) is 4.90 Å². The summed E-state index contributed by atoms with van der Waals surface area (Å²) in [5, 5.41) is 6.44. The van der Waals surface area contributed by atoms with Crippen molar-refractivity contribution in [2.24, 2.45) is 5.10 Å². The molecule has 0 spiro atoms. The van der Waals surface area contributed by atoms with E-state index < -0.39 is 0 Å². The van der Waals surface area contributed by atoms with Gasteiger partial charge in [-0.05, 0) is 23.3 Å². The molecule has 1 amide bonds. The van der Waals surface area contributed by atoms with E-state index in [9.17, 15) is 4.79 Å². The molecule has 1 atom stereocenters. The maximum Gasteiger partial charge on any atom is 0.298 e. The van der Waals surface area contributed by atoms with Gasteiger partial charge in [0.05, 0.1) is 32.1 Å². The lowest BCUT2D eigenvalue weighted by Crippen LogP contribution is -3.15. The van der Waals surface area contributed by atoms with E-state index in [1.807, 2.05) is 54.6 Å². The monoisotopic (exact) mass is 380 g/mol. The number of hydrazone groups is 1. The number of methoxy groups -OCH3 is 1. The molecule has 0 unspecified atom stereocenters. The molecular weight excluding hydrogens is 354 g/mol. The summed E-state index contributed by atoms with van der Waals surface area (Å²) in [6.07, 6.45) is 0.709. The van der Waals surface area contributed by atoms with E-state index in [1.54, 1.807) is 12.1 Å². The number of quaternary nitrogens is 1. The number of morpholine rings is 1. The van der Waals surface area contributed by atoms with Gasteiger partial charge in [0.15, 0.2) is 6.54 Å². The number of ether oxygens (including phenoxy) is 2. The molecule has 0 bridgehead atoms. The average Bonchev–Trinajstić information content (AvgIpc) is 3.21. The number of carbonyl (C=O) groups is 1. The van der Waals surface area contributed by atoms with Gasteiger partial charge >= 0.3 is 0 Å². The highest BCUT2D eigenvalue weighted by atomic mass is 16.5. The maximum absolute atomic E-state index is 13.1. The zero-order chi connectivity index (χ0) is 19.3. The number of hydrogen-bond acceptors (Lipinski definition) is 4. The third-order valence-electron chi connectivity index (χ3n) is 5.37. The molecule has 0 saturated carbocycles. The van der Waals surface area contributed by atoms with Gasteiger partial charge in [-0.1, -0.05) is 42.5 Å². The van der Waals surface area contributed by atoms with E-state index in [4.69, 9.17) is 14.6 Å². The number of hydrogen-bond donors (Lipinski definition) is 1. The number of nitrogens with zero attached hydrogens (tertiary/aromatic N) is 2. The molecule has 0 radical (unpaired) electrons. The Morgan fingerprint density at radius 2 is 1.86 bits per heavy atom. The SMILES string of the molecule is COc1ccc([C@@H]2CC(c3ccccc3)=NN2C(=O)C[NH+]2CCOCC2)cc1. The highest BCUT2D eigenvalue weighted by Gasteiger charge is 2.35. The van der Waals surface area contributed by atoms with Crippen molar-refractivity contribution in [2.75, 3.05) is 40.0 Å². The fourth-order valence-corrected chi connectivity index (χ4v) is 3.76. The summed E-state index contributed by atoms with van der Waals surface area (Å²) in [6.45, 7) is 3.60. The van der Waals surface area contributed by atoms with Crippen LogP contribution in [0.5, 0.6) is 5.75 Å². The van der Waals surface area contributed by atoms with Crippen molar-refractivity contribution in [2.45, 2.75) is 12.5 Å². The topological polar surface area (TPSA) is 55.6 Å². The van der Waals surface area contributed by atoms with Crippen molar-refractivity contribution >= 4 is 11.6 Å². The molecule has 4 rings (SSSR count). The Bertz CT molecular complexity index is 830. The number of rotatable bonds is 5. The minimum absolute atomic E-state index is 0.0589. The summed E-state index contributed by atoms with van der Waals surface area (Å²) < 4.78 is 10.7. The van der Waals surface area contributed by atoms with Gasteiger partial charge in [-0.15, -0.1) is 0 Å². The third-order valence-corrected chi connectivity index (χ3v) is 5.37. The molecule has 1 N–H and O–H groups in total. The van der Waals surface area contributed by atoms with Crippen LogP contribution >= 0.6 is 0 Å². The van der Waals surface area contributed by atoms with E-state index >= 15 is 0 Å². The van der Waals surface area contributed by atoms with E-state index in [-0.39, 0.29) is 11.9 Å². The van der Waals surface area contributed by atoms with Crippen molar-refractivity contribution in [3.63, 3.8) is 0 Å². The summed E-state index contributed by atoms with van der Waals surface area (Å²) in [5.74, 6) is 0.866. The van der Waals surface area contributed by atoms with Crippen molar-refractivity contribution in [3.05, 3.63) is 65.7 Å². The van der Waals surface area contributed by atoms with Gasteiger partial charge in [0.2, 0.25) is 0 Å². The predicted octanol–water partition coefficient (Wildman–Crippen LogP) is 1.29. The predicted molar refractivity (Wildman–Crippen MR) is 107 cm³/mol. The van der Waals surface area contributed by atoms with Crippen molar-refractivity contribution in [1.82, 2.24) is 5.01 Å². The molecule has 1 saturated heterocycles. The van der Waals surface area contributed by atoms with Crippen LogP contribution in [0.3, 0.4) is 0 Å². The molecular formula is C22H26N3O3+. The fourth-order valence-electron chi connectivity index (χ4n) is 3.76. The molecule has 2 aromatic carbocycles. The van der Waals surface area contributed by atoms with Crippen LogP contribution < -0.4 is 9.64 Å². The van der Waals surface area contributed by atoms with Crippen LogP contribution in [0.15, 0.2) is 59.7 Å². The third kappa shape index (κ3) is 4.08. The second-order valence-corrected chi connectivity index (χ2v) is 7.18. The summed E-state index contributed by atoms with van der Waals surface area (Å²) in [6, 6.07) is 17.9. The fraction of sp³-hybridized carbons (Fsp3) is 0.364. The molecule has 6 nitrogen and oxygen atoms in total. The summed E-state index contributed by atoms with van der Waals surface area (Å²) in [5.41, 5.74) is 3.09. The normalized spacial score (nSPS) is 20.1. The van der Waals surface area contributed by atoms with Crippen molar-refractivity contribution in [3.8, 4) is 5.75 Å². The molecule has 28 heavy (non-hydrogen) atoms. The zero-order valence-corrected chi connectivity index (χ0v) is 16.1. The van der Waals surface area contributed by atoms with E-state index in [0.29, 0.717) is 26.2 Å². The molecule has 146 valence electrons. The molecule has 2 aliphatic rings. The first-order valence-corrected chi connectivity index (χ1v) is 9.75. The minimum atomic E-state index is -0.0888. The van der Waals surface area contributed by atoms with E-state index in [2.05, 4.69) is 0 Å². The molecule has 0 aliphatic carbocycles. The zero-order valence-electron chi connectivity index (χ0n) is 16.1. The van der Waals surface area contributed by atoms with Crippen LogP contribution in [0.25, 0.3) is 0 Å². The van der Waals surface area contributed by atoms with Crippen LogP contribution in [0, 0.1) is 0 Å². The molecule has 6 heteroatoms. The average molecular weight is 380 g/mol. The van der Waals surface area contributed by atoms with Crippen LogP contribution in [0.4, 0.5) is 0 Å². The first-order valence-electron chi connectivity index (χ1n) is 9.75. The molecule has 1 fully saturated rings. The number of benzene rings is 2. The van der Waals surface area contributed by atoms with Crippen LogP contribution in [-0.4, -0.2) is 56.6 Å². The van der Waals surface area contributed by atoms with Crippen molar-refractivity contribution in [1.29, 1.82) is 0 Å². The van der Waals surface area contributed by atoms with Crippen LogP contribution in [0.2, 0.25) is 0 Å². The first-order chi connectivity index (χ1) is 13.7. The Balaban J connectivity index is 1.58. The Morgan fingerprint density at radius 1 is 1.14 bits per heavy atom. The van der Waals surface area contributed by atoms with Gasteiger partial charge in [0.1, 0.15) is 18.8 Å². The number of amides is 1. The molecule has 2 aromatic rings. The number of nitrogens with one attached hydrogen (secondary N) is 1. The Kier molecular flexibility index (Phi) is 5.69. The summed E-state index contributed by atoms with van der Waals surface area (Å²) in [4.78, 5) is 14.4. The van der Waals surface area contributed by atoms with Gasteiger partial charge in [-0.2, -0.15) is 5.10 Å². The quantitative estimate of drug-likeness (QED) is 0.851. The van der Waals surface area contributed by atoms with Crippen molar-refractivity contribution < 1.29 is 19.2 Å². The lowest BCUT2D eigenvalue weighted by molar-refractivity contribution is -0.900. The standard InChI is InChI=1S/C22H25N3O3/c1-27-19-9-7-18(8-10-19)21-15-20(17-5-3-2-4-6-17)23-25(21)22(26)16-24-11-13-28-14-12-24/h2-10,21H,11-16H2,1H3/p+1/t21-/m0/s1. The lowest BCUT2D eigenvalue weighted by atomic mass is 9.98. The second kappa shape index (κ2) is 8.54. The Hall–Kier alpha value is -2.70. The Labute approximate surface area is 165 Å². The van der Waals surface area contributed by atoms with Gasteiger partial charge < -0.3 is 14.4 Å². The highest BCUT2D eigenvalue weighted by Crippen LogP contribution is 2.33. The largest absolute Gasteiger partial charge is 0.497 e. The lowest BCUT2D eigenvalue weighted by Gasteiger charge is -2.27. The maximum atomic E-state index is 13.1.